The molecule has 0 spiro atoms. The van der Waals surface area contributed by atoms with Gasteiger partial charge in [-0.2, -0.15) is 0 Å². The van der Waals surface area contributed by atoms with Crippen molar-refractivity contribution in [2.24, 2.45) is 11.5 Å². The Morgan fingerprint density at radius 1 is 1.14 bits per heavy atom. The Hall–Kier alpha value is -0.900. The molecule has 1 aromatic rings. The summed E-state index contributed by atoms with van der Waals surface area (Å²) < 4.78 is 5.66. The molecule has 14 heavy (non-hydrogen) atoms. The van der Waals surface area contributed by atoms with Crippen LogP contribution in [-0.4, -0.2) is 18.7 Å². The van der Waals surface area contributed by atoms with Gasteiger partial charge >= 0.3 is 0 Å². The first-order chi connectivity index (χ1) is 6.70. The smallest absolute Gasteiger partial charge is 0.0902 e. The molecule has 0 saturated heterocycles. The maximum absolute atomic E-state index is 5.66. The van der Waals surface area contributed by atoms with E-state index in [1.54, 1.807) is 0 Å². The van der Waals surface area contributed by atoms with E-state index in [0.717, 1.165) is 5.56 Å². The maximum atomic E-state index is 5.66. The van der Waals surface area contributed by atoms with Crippen LogP contribution in [0.15, 0.2) is 30.3 Å². The van der Waals surface area contributed by atoms with Crippen molar-refractivity contribution in [2.45, 2.75) is 19.1 Å². The molecule has 0 radical (unpaired) electrons. The lowest BCUT2D eigenvalue weighted by Gasteiger charge is -2.26. The average molecular weight is 194 g/mol. The molecule has 78 valence electrons. The molecule has 3 nitrogen and oxygen atoms in total. The summed E-state index contributed by atoms with van der Waals surface area (Å²) in [6.07, 6.45) is 0. The molecule has 0 aliphatic carbocycles. The van der Waals surface area contributed by atoms with E-state index in [9.17, 15) is 0 Å². The van der Waals surface area contributed by atoms with Crippen LogP contribution in [0, 0.1) is 0 Å². The van der Waals surface area contributed by atoms with Crippen molar-refractivity contribution in [1.29, 1.82) is 0 Å². The summed E-state index contributed by atoms with van der Waals surface area (Å²) in [6.45, 7) is 3.37. The van der Waals surface area contributed by atoms with Crippen molar-refractivity contribution >= 4 is 0 Å². The first kappa shape index (κ1) is 11.2. The molecule has 0 aliphatic rings. The minimum atomic E-state index is -0.407. The van der Waals surface area contributed by atoms with E-state index in [2.05, 4.69) is 0 Å². The van der Waals surface area contributed by atoms with Gasteiger partial charge in [0.2, 0.25) is 0 Å². The molecule has 0 bridgehead atoms. The maximum Gasteiger partial charge on any atom is 0.0902 e. The zero-order chi connectivity index (χ0) is 10.4. The standard InChI is InChI=1S/C11H18N2O/c1-11(8-12,9-13)14-7-10-5-3-2-4-6-10/h2-6H,7-9,12-13H2,1H3. The fourth-order valence-electron chi connectivity index (χ4n) is 1.03. The third kappa shape index (κ3) is 3.10. The molecule has 0 aliphatic heterocycles. The summed E-state index contributed by atoms with van der Waals surface area (Å²) in [4.78, 5) is 0. The first-order valence-electron chi connectivity index (χ1n) is 4.78. The summed E-state index contributed by atoms with van der Waals surface area (Å²) in [5, 5.41) is 0. The quantitative estimate of drug-likeness (QED) is 0.731. The highest BCUT2D eigenvalue weighted by atomic mass is 16.5. The van der Waals surface area contributed by atoms with Gasteiger partial charge in [-0.15, -0.1) is 0 Å². The van der Waals surface area contributed by atoms with Crippen molar-refractivity contribution in [1.82, 2.24) is 0 Å². The Kier molecular flexibility index (Phi) is 4.07. The Labute approximate surface area is 85.0 Å². The summed E-state index contributed by atoms with van der Waals surface area (Å²) in [5.74, 6) is 0. The summed E-state index contributed by atoms with van der Waals surface area (Å²) in [7, 11) is 0. The van der Waals surface area contributed by atoms with Crippen LogP contribution in [0.4, 0.5) is 0 Å². The van der Waals surface area contributed by atoms with Gasteiger partial charge in [0.05, 0.1) is 12.2 Å². The SMILES string of the molecule is CC(CN)(CN)OCc1ccccc1. The van der Waals surface area contributed by atoms with Crippen LogP contribution < -0.4 is 11.5 Å². The number of hydrogen-bond donors (Lipinski definition) is 2. The zero-order valence-electron chi connectivity index (χ0n) is 8.57. The summed E-state index contributed by atoms with van der Waals surface area (Å²) >= 11 is 0. The highest BCUT2D eigenvalue weighted by molar-refractivity contribution is 5.13. The largest absolute Gasteiger partial charge is 0.368 e. The lowest BCUT2D eigenvalue weighted by atomic mass is 10.1. The lowest BCUT2D eigenvalue weighted by molar-refractivity contribution is -0.0293. The van der Waals surface area contributed by atoms with Crippen molar-refractivity contribution in [3.63, 3.8) is 0 Å². The molecule has 0 atom stereocenters. The highest BCUT2D eigenvalue weighted by Gasteiger charge is 2.20. The van der Waals surface area contributed by atoms with Gasteiger partial charge in [-0.25, -0.2) is 0 Å². The molecule has 1 aromatic carbocycles. The molecule has 0 amide bonds. The van der Waals surface area contributed by atoms with Crippen LogP contribution >= 0.6 is 0 Å². The first-order valence-corrected chi connectivity index (χ1v) is 4.78. The lowest BCUT2D eigenvalue weighted by Crippen LogP contribution is -2.44. The van der Waals surface area contributed by atoms with Gasteiger partial charge in [0.25, 0.3) is 0 Å². The van der Waals surface area contributed by atoms with Crippen LogP contribution in [0.25, 0.3) is 0 Å². The molecular weight excluding hydrogens is 176 g/mol. The predicted octanol–water partition coefficient (Wildman–Crippen LogP) is 0.879. The van der Waals surface area contributed by atoms with E-state index in [0.29, 0.717) is 19.7 Å². The van der Waals surface area contributed by atoms with E-state index in [-0.39, 0.29) is 0 Å². The monoisotopic (exact) mass is 194 g/mol. The number of hydrogen-bond acceptors (Lipinski definition) is 3. The van der Waals surface area contributed by atoms with Crippen molar-refractivity contribution in [3.05, 3.63) is 35.9 Å². The van der Waals surface area contributed by atoms with Crippen molar-refractivity contribution < 1.29 is 4.74 Å². The van der Waals surface area contributed by atoms with E-state index in [1.807, 2.05) is 37.3 Å². The van der Waals surface area contributed by atoms with Crippen LogP contribution in [0.1, 0.15) is 12.5 Å². The third-order valence-corrected chi connectivity index (χ3v) is 2.29. The van der Waals surface area contributed by atoms with Crippen LogP contribution in [0.5, 0.6) is 0 Å². The number of nitrogens with two attached hydrogens (primary N) is 2. The molecule has 3 heteroatoms. The fraction of sp³-hybridized carbons (Fsp3) is 0.455. The van der Waals surface area contributed by atoms with Gasteiger partial charge < -0.3 is 16.2 Å². The minimum absolute atomic E-state index is 0.407. The fourth-order valence-corrected chi connectivity index (χ4v) is 1.03. The van der Waals surface area contributed by atoms with Crippen LogP contribution in [0.3, 0.4) is 0 Å². The Morgan fingerprint density at radius 3 is 2.21 bits per heavy atom. The third-order valence-electron chi connectivity index (χ3n) is 2.29. The van der Waals surface area contributed by atoms with E-state index in [4.69, 9.17) is 16.2 Å². The van der Waals surface area contributed by atoms with Crippen LogP contribution in [0.2, 0.25) is 0 Å². The highest BCUT2D eigenvalue weighted by Crippen LogP contribution is 2.10. The van der Waals surface area contributed by atoms with Gasteiger partial charge in [-0.3, -0.25) is 0 Å². The Bertz CT molecular complexity index is 257. The second-order valence-electron chi connectivity index (χ2n) is 3.63. The van der Waals surface area contributed by atoms with Crippen molar-refractivity contribution in [3.8, 4) is 0 Å². The number of benzene rings is 1. The molecule has 4 N–H and O–H groups in total. The second kappa shape index (κ2) is 5.10. The molecule has 0 saturated carbocycles. The van der Waals surface area contributed by atoms with Crippen LogP contribution in [-0.2, 0) is 11.3 Å². The molecule has 0 fully saturated rings. The normalized spacial score (nSPS) is 11.6. The zero-order valence-corrected chi connectivity index (χ0v) is 8.57. The van der Waals surface area contributed by atoms with E-state index < -0.39 is 5.60 Å². The van der Waals surface area contributed by atoms with Gasteiger partial charge in [-0.05, 0) is 12.5 Å². The summed E-state index contributed by atoms with van der Waals surface area (Å²) in [6, 6.07) is 10.00. The summed E-state index contributed by atoms with van der Waals surface area (Å²) in [5.41, 5.74) is 11.9. The van der Waals surface area contributed by atoms with Crippen molar-refractivity contribution in [2.75, 3.05) is 13.1 Å². The second-order valence-corrected chi connectivity index (χ2v) is 3.63. The van der Waals surface area contributed by atoms with Gasteiger partial charge in [0, 0.05) is 13.1 Å². The minimum Gasteiger partial charge on any atom is -0.368 e. The van der Waals surface area contributed by atoms with Gasteiger partial charge in [0.1, 0.15) is 0 Å². The Morgan fingerprint density at radius 2 is 1.71 bits per heavy atom. The molecule has 0 heterocycles. The predicted molar refractivity (Wildman–Crippen MR) is 57.7 cm³/mol. The van der Waals surface area contributed by atoms with E-state index >= 15 is 0 Å². The number of ether oxygens (including phenoxy) is 1. The Balaban J connectivity index is 2.48. The molecule has 0 aromatic heterocycles. The number of rotatable bonds is 5. The topological polar surface area (TPSA) is 61.3 Å². The van der Waals surface area contributed by atoms with Gasteiger partial charge in [-0.1, -0.05) is 30.3 Å². The molecular formula is C11H18N2O. The van der Waals surface area contributed by atoms with E-state index in [1.165, 1.54) is 0 Å². The average Bonchev–Trinajstić information content (AvgIpc) is 2.27. The molecule has 0 unspecified atom stereocenters. The van der Waals surface area contributed by atoms with Gasteiger partial charge in [0.15, 0.2) is 0 Å². The molecule has 1 rings (SSSR count).